The predicted molar refractivity (Wildman–Crippen MR) is 105 cm³/mol. The highest BCUT2D eigenvalue weighted by molar-refractivity contribution is 5.73. The Kier molecular flexibility index (Phi) is 7.28. The van der Waals surface area contributed by atoms with Gasteiger partial charge in [-0.1, -0.05) is 30.3 Å². The Labute approximate surface area is 176 Å². The molecule has 0 bridgehead atoms. The lowest BCUT2D eigenvalue weighted by Gasteiger charge is -2.27. The summed E-state index contributed by atoms with van der Waals surface area (Å²) >= 11 is 0. The van der Waals surface area contributed by atoms with Crippen LogP contribution >= 0.6 is 0 Å². The minimum absolute atomic E-state index is 0.159. The summed E-state index contributed by atoms with van der Waals surface area (Å²) in [5, 5.41) is 3.19. The molecule has 1 fully saturated rings. The van der Waals surface area contributed by atoms with Gasteiger partial charge in [0.2, 0.25) is 0 Å². The average Bonchev–Trinajstić information content (AvgIpc) is 2.73. The molecule has 1 saturated heterocycles. The van der Waals surface area contributed by atoms with Gasteiger partial charge in [0.1, 0.15) is 0 Å². The molecule has 0 aromatic heterocycles. The van der Waals surface area contributed by atoms with Crippen LogP contribution in [0.5, 0.6) is 0 Å². The first-order chi connectivity index (χ1) is 14.6. The molecule has 1 heterocycles. The molecule has 3 nitrogen and oxygen atoms in total. The first-order valence-corrected chi connectivity index (χ1v) is 10.0. The summed E-state index contributed by atoms with van der Waals surface area (Å²) in [6.07, 6.45) is -9.40. The van der Waals surface area contributed by atoms with Gasteiger partial charge in [-0.25, -0.2) is 0 Å². The Hall–Kier alpha value is -2.10. The monoisotopic (exact) mass is 446 g/mol. The Balaban J connectivity index is 2.06. The second-order valence-corrected chi connectivity index (χ2v) is 7.60. The van der Waals surface area contributed by atoms with Gasteiger partial charge in [0.15, 0.2) is 0 Å². The van der Waals surface area contributed by atoms with E-state index in [4.69, 9.17) is 10.5 Å². The van der Waals surface area contributed by atoms with Crippen LogP contribution in [0.4, 0.5) is 26.3 Å². The van der Waals surface area contributed by atoms with Crippen LogP contribution in [0.25, 0.3) is 11.1 Å². The van der Waals surface area contributed by atoms with Crippen LogP contribution in [0.15, 0.2) is 42.5 Å². The van der Waals surface area contributed by atoms with Crippen molar-refractivity contribution in [3.8, 4) is 11.1 Å². The molecule has 0 aliphatic carbocycles. The van der Waals surface area contributed by atoms with E-state index in [-0.39, 0.29) is 30.2 Å². The number of hydrogen-bond acceptors (Lipinski definition) is 3. The highest BCUT2D eigenvalue weighted by atomic mass is 19.4. The molecule has 2 aromatic carbocycles. The summed E-state index contributed by atoms with van der Waals surface area (Å²) in [7, 11) is 0. The van der Waals surface area contributed by atoms with Crippen LogP contribution in [-0.2, 0) is 17.1 Å². The van der Waals surface area contributed by atoms with E-state index in [2.05, 4.69) is 5.32 Å². The fourth-order valence-electron chi connectivity index (χ4n) is 3.81. The Morgan fingerprint density at radius 2 is 1.48 bits per heavy atom. The molecule has 0 radical (unpaired) electrons. The molecule has 170 valence electrons. The topological polar surface area (TPSA) is 47.3 Å². The van der Waals surface area contributed by atoms with Crippen molar-refractivity contribution < 1.29 is 31.1 Å². The lowest BCUT2D eigenvalue weighted by Crippen LogP contribution is -2.31. The van der Waals surface area contributed by atoms with Gasteiger partial charge in [0, 0.05) is 12.1 Å². The third-order valence-electron chi connectivity index (χ3n) is 5.41. The van der Waals surface area contributed by atoms with Crippen molar-refractivity contribution in [3.63, 3.8) is 0 Å². The van der Waals surface area contributed by atoms with Crippen molar-refractivity contribution in [2.24, 2.45) is 11.7 Å². The number of hydrogen-bond donors (Lipinski definition) is 2. The number of rotatable bonds is 6. The van der Waals surface area contributed by atoms with E-state index in [1.165, 1.54) is 30.3 Å². The molecule has 3 rings (SSSR count). The van der Waals surface area contributed by atoms with Gasteiger partial charge in [0.25, 0.3) is 0 Å². The third-order valence-corrected chi connectivity index (χ3v) is 5.41. The van der Waals surface area contributed by atoms with Crippen molar-refractivity contribution in [1.82, 2.24) is 5.32 Å². The number of nitrogens with two attached hydrogens (primary N) is 1. The van der Waals surface area contributed by atoms with Crippen molar-refractivity contribution in [2.75, 3.05) is 26.2 Å². The highest BCUT2D eigenvalue weighted by Crippen LogP contribution is 2.46. The zero-order valence-corrected chi connectivity index (χ0v) is 16.7. The summed E-state index contributed by atoms with van der Waals surface area (Å²) in [6.45, 7) is 1.59. The number of ether oxygens (including phenoxy) is 1. The SMILES string of the molecule is NCC(OCC1CCNCC1)c1cc(C(F)(F)F)c(-c2ccccc2)c(C(F)(F)F)c1. The van der Waals surface area contributed by atoms with Gasteiger partial charge in [-0.15, -0.1) is 0 Å². The lowest BCUT2D eigenvalue weighted by atomic mass is 9.90. The molecule has 31 heavy (non-hydrogen) atoms. The maximum Gasteiger partial charge on any atom is 0.417 e. The number of piperidine rings is 1. The largest absolute Gasteiger partial charge is 0.417 e. The molecule has 1 aliphatic rings. The molecule has 2 aromatic rings. The van der Waals surface area contributed by atoms with Crippen LogP contribution in [0, 0.1) is 5.92 Å². The number of halogens is 6. The summed E-state index contributed by atoms with van der Waals surface area (Å²) in [5.74, 6) is 0.183. The van der Waals surface area contributed by atoms with E-state index >= 15 is 0 Å². The van der Waals surface area contributed by atoms with E-state index in [1.54, 1.807) is 0 Å². The van der Waals surface area contributed by atoms with E-state index in [0.717, 1.165) is 38.1 Å². The molecular weight excluding hydrogens is 422 g/mol. The van der Waals surface area contributed by atoms with E-state index in [0.29, 0.717) is 0 Å². The maximum atomic E-state index is 13.9. The zero-order valence-electron chi connectivity index (χ0n) is 16.7. The van der Waals surface area contributed by atoms with E-state index in [9.17, 15) is 26.3 Å². The van der Waals surface area contributed by atoms with Gasteiger partial charge >= 0.3 is 12.4 Å². The second kappa shape index (κ2) is 9.58. The van der Waals surface area contributed by atoms with Gasteiger partial charge in [-0.05, 0) is 55.1 Å². The van der Waals surface area contributed by atoms with Crippen LogP contribution < -0.4 is 11.1 Å². The quantitative estimate of drug-likeness (QED) is 0.584. The number of alkyl halides is 6. The lowest BCUT2D eigenvalue weighted by molar-refractivity contribution is -0.142. The smallest absolute Gasteiger partial charge is 0.372 e. The predicted octanol–water partition coefficient (Wildman–Crippen LogP) is 5.41. The fraction of sp³-hybridized carbons (Fsp3) is 0.455. The van der Waals surface area contributed by atoms with Gasteiger partial charge < -0.3 is 15.8 Å². The Morgan fingerprint density at radius 1 is 0.935 bits per heavy atom. The molecule has 1 unspecified atom stereocenters. The molecule has 0 amide bonds. The standard InChI is InChI=1S/C22H24F6N2O/c23-21(24,25)17-10-16(19(12-29)31-13-14-6-8-30-9-7-14)11-18(22(26,27)28)20(17)15-4-2-1-3-5-15/h1-5,10-11,14,19,30H,6-9,12-13,29H2. The summed E-state index contributed by atoms with van der Waals surface area (Å²) in [6, 6.07) is 8.25. The van der Waals surface area contributed by atoms with E-state index in [1.807, 2.05) is 0 Å². The first-order valence-electron chi connectivity index (χ1n) is 10.0. The number of nitrogens with one attached hydrogen (secondary N) is 1. The van der Waals surface area contributed by atoms with Gasteiger partial charge in [0.05, 0.1) is 23.8 Å². The minimum Gasteiger partial charge on any atom is -0.372 e. The van der Waals surface area contributed by atoms with Crippen molar-refractivity contribution in [1.29, 1.82) is 0 Å². The second-order valence-electron chi connectivity index (χ2n) is 7.60. The molecule has 0 spiro atoms. The fourth-order valence-corrected chi connectivity index (χ4v) is 3.81. The zero-order chi connectivity index (χ0) is 22.6. The molecule has 1 atom stereocenters. The van der Waals surface area contributed by atoms with Crippen LogP contribution in [0.2, 0.25) is 0 Å². The molecule has 0 saturated carbocycles. The van der Waals surface area contributed by atoms with E-state index < -0.39 is 35.1 Å². The highest BCUT2D eigenvalue weighted by Gasteiger charge is 2.42. The first kappa shape index (κ1) is 23.6. The Bertz CT molecular complexity index is 826. The van der Waals surface area contributed by atoms with Crippen LogP contribution in [-0.4, -0.2) is 26.2 Å². The molecule has 9 heteroatoms. The number of benzene rings is 2. The average molecular weight is 446 g/mol. The van der Waals surface area contributed by atoms with Gasteiger partial charge in [-0.3, -0.25) is 0 Å². The van der Waals surface area contributed by atoms with Crippen molar-refractivity contribution in [2.45, 2.75) is 31.3 Å². The summed E-state index contributed by atoms with van der Waals surface area (Å²) in [4.78, 5) is 0. The normalized spacial score (nSPS) is 17.0. The van der Waals surface area contributed by atoms with Crippen molar-refractivity contribution >= 4 is 0 Å². The van der Waals surface area contributed by atoms with Crippen molar-refractivity contribution in [3.05, 3.63) is 59.2 Å². The Morgan fingerprint density at radius 3 is 1.97 bits per heavy atom. The molecule has 3 N–H and O–H groups in total. The molecular formula is C22H24F6N2O. The minimum atomic E-state index is -4.99. The van der Waals surface area contributed by atoms with Crippen LogP contribution in [0.1, 0.15) is 35.6 Å². The summed E-state index contributed by atoms with van der Waals surface area (Å²) in [5.41, 5.74) is 1.70. The van der Waals surface area contributed by atoms with Gasteiger partial charge in [-0.2, -0.15) is 26.3 Å². The third kappa shape index (κ3) is 5.78. The molecule has 1 aliphatic heterocycles. The summed E-state index contributed by atoms with van der Waals surface area (Å²) < 4.78 is 89.0. The van der Waals surface area contributed by atoms with Crippen LogP contribution in [0.3, 0.4) is 0 Å². The maximum absolute atomic E-state index is 13.9.